The second-order valence-electron chi connectivity index (χ2n) is 5.21. The van der Waals surface area contributed by atoms with Crippen molar-refractivity contribution in [2.45, 2.75) is 31.8 Å². The van der Waals surface area contributed by atoms with Crippen molar-refractivity contribution < 1.29 is 9.90 Å². The number of carbonyl (C=O) groups excluding carboxylic acids is 1. The molecule has 2 rings (SSSR count). The van der Waals surface area contributed by atoms with Gasteiger partial charge in [0.15, 0.2) is 0 Å². The van der Waals surface area contributed by atoms with Gasteiger partial charge in [0.2, 0.25) is 0 Å². The molecule has 3 N–H and O–H groups in total. The van der Waals surface area contributed by atoms with Crippen molar-refractivity contribution in [3.8, 4) is 0 Å². The lowest BCUT2D eigenvalue weighted by molar-refractivity contribution is 0.0438. The fourth-order valence-electron chi connectivity index (χ4n) is 2.25. The van der Waals surface area contributed by atoms with Gasteiger partial charge in [-0.2, -0.15) is 5.10 Å². The van der Waals surface area contributed by atoms with Crippen LogP contribution in [0.4, 0.5) is 5.82 Å². The minimum atomic E-state index is -0.671. The maximum atomic E-state index is 12.3. The molecule has 1 aliphatic heterocycles. The van der Waals surface area contributed by atoms with Crippen molar-refractivity contribution in [1.29, 1.82) is 0 Å². The van der Waals surface area contributed by atoms with Gasteiger partial charge in [0.1, 0.15) is 11.4 Å². The number of rotatable bonds is 1. The van der Waals surface area contributed by atoms with E-state index >= 15 is 0 Å². The number of likely N-dealkylation sites (tertiary alicyclic amines) is 1. The molecule has 2 heterocycles. The molecule has 1 saturated heterocycles. The van der Waals surface area contributed by atoms with Crippen LogP contribution in [-0.4, -0.2) is 44.4 Å². The van der Waals surface area contributed by atoms with Crippen LogP contribution in [-0.2, 0) is 7.05 Å². The third-order valence-corrected chi connectivity index (χ3v) is 3.57. The number of carbonyl (C=O) groups is 1. The van der Waals surface area contributed by atoms with Gasteiger partial charge in [0.05, 0.1) is 11.8 Å². The number of hydrogen-bond donors (Lipinski definition) is 2. The highest BCUT2D eigenvalue weighted by Gasteiger charge is 2.28. The van der Waals surface area contributed by atoms with Crippen molar-refractivity contribution in [3.63, 3.8) is 0 Å². The van der Waals surface area contributed by atoms with Gasteiger partial charge < -0.3 is 15.7 Å². The average molecular weight is 252 g/mol. The Morgan fingerprint density at radius 2 is 2.22 bits per heavy atom. The molecule has 1 fully saturated rings. The topological polar surface area (TPSA) is 84.4 Å². The summed E-state index contributed by atoms with van der Waals surface area (Å²) in [6.45, 7) is 3.03. The number of nitrogen functional groups attached to an aromatic ring is 1. The molecule has 1 aromatic heterocycles. The Labute approximate surface area is 106 Å². The molecule has 0 aliphatic carbocycles. The quantitative estimate of drug-likeness (QED) is 0.756. The lowest BCUT2D eigenvalue weighted by atomic mass is 9.98. The van der Waals surface area contributed by atoms with Gasteiger partial charge in [-0.15, -0.1) is 0 Å². The second-order valence-corrected chi connectivity index (χ2v) is 5.21. The zero-order valence-electron chi connectivity index (χ0n) is 10.9. The first-order chi connectivity index (χ1) is 8.41. The molecule has 0 aromatic carbocycles. The maximum Gasteiger partial charge on any atom is 0.259 e. The van der Waals surface area contributed by atoms with Crippen molar-refractivity contribution in [1.82, 2.24) is 14.7 Å². The predicted molar refractivity (Wildman–Crippen MR) is 68.0 cm³/mol. The monoisotopic (exact) mass is 252 g/mol. The van der Waals surface area contributed by atoms with E-state index in [1.165, 1.54) is 10.9 Å². The largest absolute Gasteiger partial charge is 0.390 e. The summed E-state index contributed by atoms with van der Waals surface area (Å²) in [6, 6.07) is 0. The van der Waals surface area contributed by atoms with Gasteiger partial charge in [0, 0.05) is 20.1 Å². The number of nitrogens with zero attached hydrogens (tertiary/aromatic N) is 3. The van der Waals surface area contributed by atoms with E-state index in [1.807, 2.05) is 6.92 Å². The maximum absolute atomic E-state index is 12.3. The van der Waals surface area contributed by atoms with Gasteiger partial charge in [-0.1, -0.05) is 0 Å². The minimum Gasteiger partial charge on any atom is -0.390 e. The predicted octanol–water partition coefficient (Wildman–Crippen LogP) is 0.379. The number of hydrogen-bond acceptors (Lipinski definition) is 4. The summed E-state index contributed by atoms with van der Waals surface area (Å²) < 4.78 is 1.49. The summed E-state index contributed by atoms with van der Waals surface area (Å²) in [5, 5.41) is 14.0. The van der Waals surface area contributed by atoms with E-state index in [0.29, 0.717) is 30.9 Å². The van der Waals surface area contributed by atoms with E-state index in [1.54, 1.807) is 11.9 Å². The molecule has 1 amide bonds. The molecule has 18 heavy (non-hydrogen) atoms. The number of aliphatic hydroxyl groups is 1. The molecule has 1 unspecified atom stereocenters. The number of amides is 1. The van der Waals surface area contributed by atoms with Crippen LogP contribution >= 0.6 is 0 Å². The first kappa shape index (κ1) is 12.9. The molecule has 6 heteroatoms. The molecule has 100 valence electrons. The fraction of sp³-hybridized carbons (Fsp3) is 0.667. The summed E-state index contributed by atoms with van der Waals surface area (Å²) in [6.07, 6.45) is 3.62. The average Bonchev–Trinajstić information content (AvgIpc) is 2.53. The van der Waals surface area contributed by atoms with Crippen LogP contribution in [0.1, 0.15) is 36.5 Å². The Morgan fingerprint density at radius 3 is 2.83 bits per heavy atom. The molecule has 1 aliphatic rings. The van der Waals surface area contributed by atoms with Crippen molar-refractivity contribution in [3.05, 3.63) is 11.8 Å². The summed E-state index contributed by atoms with van der Waals surface area (Å²) >= 11 is 0. The van der Waals surface area contributed by atoms with E-state index in [-0.39, 0.29) is 5.91 Å². The highest BCUT2D eigenvalue weighted by atomic mass is 16.3. The lowest BCUT2D eigenvalue weighted by Gasteiger charge is -2.22. The van der Waals surface area contributed by atoms with Gasteiger partial charge in [-0.3, -0.25) is 9.48 Å². The molecule has 0 saturated carbocycles. The van der Waals surface area contributed by atoms with Gasteiger partial charge in [-0.05, 0) is 26.2 Å². The van der Waals surface area contributed by atoms with Crippen molar-refractivity contribution in [2.75, 3.05) is 18.8 Å². The smallest absolute Gasteiger partial charge is 0.259 e. The third-order valence-electron chi connectivity index (χ3n) is 3.57. The molecule has 0 radical (unpaired) electrons. The third kappa shape index (κ3) is 2.48. The number of anilines is 1. The van der Waals surface area contributed by atoms with Crippen LogP contribution in [0.2, 0.25) is 0 Å². The molecule has 1 atom stereocenters. The summed E-state index contributed by atoms with van der Waals surface area (Å²) in [4.78, 5) is 14.1. The Kier molecular flexibility index (Phi) is 3.30. The van der Waals surface area contributed by atoms with Crippen LogP contribution < -0.4 is 5.73 Å². The highest BCUT2D eigenvalue weighted by Crippen LogP contribution is 2.23. The molecule has 6 nitrogen and oxygen atoms in total. The van der Waals surface area contributed by atoms with Crippen molar-refractivity contribution >= 4 is 11.7 Å². The van der Waals surface area contributed by atoms with Gasteiger partial charge in [-0.25, -0.2) is 0 Å². The first-order valence-electron chi connectivity index (χ1n) is 6.20. The van der Waals surface area contributed by atoms with E-state index in [2.05, 4.69) is 5.10 Å². The highest BCUT2D eigenvalue weighted by molar-refractivity contribution is 5.98. The van der Waals surface area contributed by atoms with Gasteiger partial charge >= 0.3 is 0 Å². The molecular formula is C12H20N4O2. The van der Waals surface area contributed by atoms with Crippen LogP contribution in [0, 0.1) is 0 Å². The van der Waals surface area contributed by atoms with E-state index in [4.69, 9.17) is 5.73 Å². The van der Waals surface area contributed by atoms with Crippen LogP contribution in [0.5, 0.6) is 0 Å². The number of aromatic nitrogens is 2. The van der Waals surface area contributed by atoms with Gasteiger partial charge in [0.25, 0.3) is 5.91 Å². The first-order valence-corrected chi connectivity index (χ1v) is 6.20. The molecule has 0 spiro atoms. The SMILES string of the molecule is Cn1ncc(C(=O)N2CCCC(C)(O)CC2)c1N. The fourth-order valence-corrected chi connectivity index (χ4v) is 2.25. The standard InChI is InChI=1S/C12H20N4O2/c1-12(18)4-3-6-16(7-5-12)11(17)9-8-14-15(2)10(9)13/h8,18H,3-7,13H2,1-2H3. The van der Waals surface area contributed by atoms with Crippen LogP contribution in [0.25, 0.3) is 0 Å². The Bertz CT molecular complexity index is 453. The summed E-state index contributed by atoms with van der Waals surface area (Å²) in [5.74, 6) is 0.286. The molecule has 0 bridgehead atoms. The lowest BCUT2D eigenvalue weighted by Crippen LogP contribution is -2.33. The minimum absolute atomic E-state index is 0.0988. The Hall–Kier alpha value is -1.56. The Balaban J connectivity index is 2.12. The van der Waals surface area contributed by atoms with E-state index < -0.39 is 5.60 Å². The Morgan fingerprint density at radius 1 is 1.50 bits per heavy atom. The van der Waals surface area contributed by atoms with Crippen LogP contribution in [0.15, 0.2) is 6.20 Å². The zero-order valence-corrected chi connectivity index (χ0v) is 10.9. The number of aryl methyl sites for hydroxylation is 1. The van der Waals surface area contributed by atoms with Crippen molar-refractivity contribution in [2.24, 2.45) is 7.05 Å². The second kappa shape index (κ2) is 4.61. The van der Waals surface area contributed by atoms with Crippen LogP contribution in [0.3, 0.4) is 0 Å². The summed E-state index contributed by atoms with van der Waals surface area (Å²) in [7, 11) is 1.71. The molecular weight excluding hydrogens is 232 g/mol. The molecule has 1 aromatic rings. The zero-order chi connectivity index (χ0) is 13.3. The van der Waals surface area contributed by atoms with E-state index in [9.17, 15) is 9.90 Å². The summed E-state index contributed by atoms with van der Waals surface area (Å²) in [5.41, 5.74) is 5.58. The van der Waals surface area contributed by atoms with E-state index in [0.717, 1.165) is 12.8 Å². The number of nitrogens with two attached hydrogens (primary N) is 1. The normalized spacial score (nSPS) is 24.9.